The second-order valence-electron chi connectivity index (χ2n) is 11.6. The number of hydrogen-bond donors (Lipinski definition) is 2. The zero-order chi connectivity index (χ0) is 31.6. The summed E-state index contributed by atoms with van der Waals surface area (Å²) in [7, 11) is -0.354. The van der Waals surface area contributed by atoms with E-state index in [1.165, 1.54) is 25.3 Å². The molecule has 1 aliphatic rings. The molecule has 0 aromatic heterocycles. The molecular formula is C32H49N3O7S. The van der Waals surface area contributed by atoms with Crippen LogP contribution in [0.3, 0.4) is 0 Å². The molecule has 1 amide bonds. The first kappa shape index (κ1) is 34.6. The Morgan fingerprint density at radius 2 is 1.88 bits per heavy atom. The van der Waals surface area contributed by atoms with E-state index in [-0.39, 0.29) is 46.8 Å². The van der Waals surface area contributed by atoms with E-state index in [1.807, 2.05) is 6.92 Å². The van der Waals surface area contributed by atoms with Crippen molar-refractivity contribution >= 4 is 21.6 Å². The van der Waals surface area contributed by atoms with E-state index in [9.17, 15) is 18.3 Å². The van der Waals surface area contributed by atoms with E-state index in [4.69, 9.17) is 14.2 Å². The SMILES string of the molecule is CCCN(C)C[C@@H]1OCCCC[C@@H](C)Oc2ccc(NS(=O)(=O)c3ccc(OC)cc3)cc2C(=O)N([C@H](C)CO)C[C@@H]1C. The van der Waals surface area contributed by atoms with Gasteiger partial charge in [-0.2, -0.15) is 0 Å². The van der Waals surface area contributed by atoms with Gasteiger partial charge in [-0.3, -0.25) is 9.52 Å². The molecular weight excluding hydrogens is 570 g/mol. The van der Waals surface area contributed by atoms with Gasteiger partial charge in [0.15, 0.2) is 0 Å². The largest absolute Gasteiger partial charge is 0.497 e. The Morgan fingerprint density at radius 3 is 2.53 bits per heavy atom. The van der Waals surface area contributed by atoms with Crippen molar-refractivity contribution in [3.05, 3.63) is 48.0 Å². The third kappa shape index (κ3) is 9.82. The predicted molar refractivity (Wildman–Crippen MR) is 168 cm³/mol. The first-order valence-corrected chi connectivity index (χ1v) is 16.7. The van der Waals surface area contributed by atoms with Gasteiger partial charge in [-0.15, -0.1) is 0 Å². The molecule has 2 N–H and O–H groups in total. The Hall–Kier alpha value is -2.86. The van der Waals surface area contributed by atoms with Crippen LogP contribution in [0.2, 0.25) is 0 Å². The number of anilines is 1. The van der Waals surface area contributed by atoms with Crippen LogP contribution in [0, 0.1) is 5.92 Å². The maximum Gasteiger partial charge on any atom is 0.261 e. The lowest BCUT2D eigenvalue weighted by Crippen LogP contribution is -2.47. The van der Waals surface area contributed by atoms with Crippen LogP contribution in [0.5, 0.6) is 11.5 Å². The minimum absolute atomic E-state index is 0.0275. The summed E-state index contributed by atoms with van der Waals surface area (Å²) < 4.78 is 46.7. The Bertz CT molecular complexity index is 1270. The Kier molecular flexibility index (Phi) is 13.1. The quantitative estimate of drug-likeness (QED) is 0.395. The number of nitrogens with one attached hydrogen (secondary N) is 1. The van der Waals surface area contributed by atoms with Crippen LogP contribution in [0.15, 0.2) is 47.4 Å². The van der Waals surface area contributed by atoms with E-state index in [0.717, 1.165) is 38.8 Å². The Morgan fingerprint density at radius 1 is 1.16 bits per heavy atom. The first-order chi connectivity index (χ1) is 20.5. The van der Waals surface area contributed by atoms with Gasteiger partial charge in [-0.25, -0.2) is 8.42 Å². The van der Waals surface area contributed by atoms with Crippen molar-refractivity contribution in [3.63, 3.8) is 0 Å². The van der Waals surface area contributed by atoms with Crippen molar-refractivity contribution in [1.82, 2.24) is 9.80 Å². The summed E-state index contributed by atoms with van der Waals surface area (Å²) in [6, 6.07) is 10.3. The predicted octanol–water partition coefficient (Wildman–Crippen LogP) is 4.63. The molecule has 1 heterocycles. The van der Waals surface area contributed by atoms with E-state index in [1.54, 1.807) is 36.1 Å². The molecule has 0 unspecified atom stereocenters. The van der Waals surface area contributed by atoms with Crippen LogP contribution in [0.4, 0.5) is 5.69 Å². The second-order valence-corrected chi connectivity index (χ2v) is 13.2. The molecule has 0 fully saturated rings. The minimum atomic E-state index is -3.94. The number of hydrogen-bond acceptors (Lipinski definition) is 8. The maximum absolute atomic E-state index is 14.2. The number of sulfonamides is 1. The number of aliphatic hydroxyl groups is 1. The fraction of sp³-hybridized carbons (Fsp3) is 0.594. The van der Waals surface area contributed by atoms with E-state index in [0.29, 0.717) is 24.7 Å². The highest BCUT2D eigenvalue weighted by atomic mass is 32.2. The molecule has 2 aromatic rings. The average Bonchev–Trinajstić information content (AvgIpc) is 2.98. The van der Waals surface area contributed by atoms with Crippen molar-refractivity contribution in [2.24, 2.45) is 5.92 Å². The zero-order valence-electron chi connectivity index (χ0n) is 26.4. The van der Waals surface area contributed by atoms with E-state index in [2.05, 4.69) is 30.5 Å². The van der Waals surface area contributed by atoms with Gasteiger partial charge in [0.1, 0.15) is 11.5 Å². The summed E-state index contributed by atoms with van der Waals surface area (Å²) in [4.78, 5) is 18.2. The maximum atomic E-state index is 14.2. The fourth-order valence-corrected chi connectivity index (χ4v) is 6.25. The molecule has 11 heteroatoms. The normalized spacial score (nSPS) is 21.4. The molecule has 4 atom stereocenters. The van der Waals surface area contributed by atoms with Crippen LogP contribution in [0.25, 0.3) is 0 Å². The second kappa shape index (κ2) is 16.3. The van der Waals surface area contributed by atoms with Gasteiger partial charge in [-0.05, 0) is 95.6 Å². The molecule has 0 radical (unpaired) electrons. The van der Waals surface area contributed by atoms with Crippen molar-refractivity contribution in [3.8, 4) is 11.5 Å². The molecule has 0 saturated heterocycles. The van der Waals surface area contributed by atoms with Gasteiger partial charge in [0, 0.05) is 31.3 Å². The van der Waals surface area contributed by atoms with Crippen LogP contribution in [0.1, 0.15) is 63.7 Å². The van der Waals surface area contributed by atoms with Crippen LogP contribution >= 0.6 is 0 Å². The molecule has 0 saturated carbocycles. The number of aliphatic hydroxyl groups excluding tert-OH is 1. The van der Waals surface area contributed by atoms with Gasteiger partial charge in [0.05, 0.1) is 42.4 Å². The number of ether oxygens (including phenoxy) is 3. The van der Waals surface area contributed by atoms with Crippen molar-refractivity contribution in [2.75, 3.05) is 51.7 Å². The molecule has 240 valence electrons. The number of fused-ring (bicyclic) bond motifs is 1. The lowest BCUT2D eigenvalue weighted by atomic mass is 10.0. The van der Waals surface area contributed by atoms with Crippen molar-refractivity contribution in [2.45, 2.75) is 76.5 Å². The molecule has 43 heavy (non-hydrogen) atoms. The van der Waals surface area contributed by atoms with Crippen molar-refractivity contribution in [1.29, 1.82) is 0 Å². The molecule has 10 nitrogen and oxygen atoms in total. The molecule has 0 bridgehead atoms. The number of likely N-dealkylation sites (N-methyl/N-ethyl adjacent to an activating group) is 1. The average molecular weight is 620 g/mol. The number of carbonyl (C=O) groups excluding carboxylic acids is 1. The fourth-order valence-electron chi connectivity index (χ4n) is 5.20. The van der Waals surface area contributed by atoms with Gasteiger partial charge in [0.2, 0.25) is 0 Å². The monoisotopic (exact) mass is 619 g/mol. The Labute approximate surface area is 257 Å². The lowest BCUT2D eigenvalue weighted by molar-refractivity contribution is -0.0167. The number of rotatable bonds is 10. The Balaban J connectivity index is 1.99. The van der Waals surface area contributed by atoms with Crippen molar-refractivity contribution < 1.29 is 32.5 Å². The smallest absolute Gasteiger partial charge is 0.261 e. The molecule has 0 aliphatic carbocycles. The zero-order valence-corrected chi connectivity index (χ0v) is 27.2. The lowest BCUT2D eigenvalue weighted by Gasteiger charge is -2.35. The highest BCUT2D eigenvalue weighted by Crippen LogP contribution is 2.30. The highest BCUT2D eigenvalue weighted by Gasteiger charge is 2.30. The van der Waals surface area contributed by atoms with E-state index < -0.39 is 16.1 Å². The van der Waals surface area contributed by atoms with Gasteiger partial charge in [0.25, 0.3) is 15.9 Å². The summed E-state index contributed by atoms with van der Waals surface area (Å²) in [6.45, 7) is 10.4. The van der Waals surface area contributed by atoms with Gasteiger partial charge in [-0.1, -0.05) is 13.8 Å². The summed E-state index contributed by atoms with van der Waals surface area (Å²) in [5, 5.41) is 10.1. The first-order valence-electron chi connectivity index (χ1n) is 15.2. The topological polar surface area (TPSA) is 118 Å². The van der Waals surface area contributed by atoms with Crippen LogP contribution in [-0.2, 0) is 14.8 Å². The van der Waals surface area contributed by atoms with E-state index >= 15 is 0 Å². The number of benzene rings is 2. The molecule has 2 aromatic carbocycles. The van der Waals surface area contributed by atoms with Crippen LogP contribution in [-0.4, -0.2) is 94.5 Å². The summed E-state index contributed by atoms with van der Waals surface area (Å²) in [5.74, 6) is 0.540. The third-order valence-corrected chi connectivity index (χ3v) is 9.17. The number of carbonyl (C=O) groups is 1. The molecule has 1 aliphatic heterocycles. The third-order valence-electron chi connectivity index (χ3n) is 7.77. The van der Waals surface area contributed by atoms with Crippen LogP contribution < -0.4 is 14.2 Å². The number of amides is 1. The standard InChI is InChI=1S/C32H49N3O7S/c1-7-17-34(5)21-31-23(2)20-35(24(3)22-36)32(37)29-19-26(11-16-30(29)42-25(4)10-8-9-18-41-31)33-43(38,39)28-14-12-27(40-6)13-15-28/h11-16,19,23-25,31,33,36H,7-10,17-18,20-22H2,1-6H3/t23-,24+,25+,31-/m0/s1. The molecule has 3 rings (SSSR count). The number of methoxy groups -OCH3 is 1. The summed E-state index contributed by atoms with van der Waals surface area (Å²) in [5.41, 5.74) is 0.458. The van der Waals surface area contributed by atoms with Gasteiger partial charge >= 0.3 is 0 Å². The minimum Gasteiger partial charge on any atom is -0.497 e. The molecule has 0 spiro atoms. The van der Waals surface area contributed by atoms with Gasteiger partial charge < -0.3 is 29.1 Å². The summed E-state index contributed by atoms with van der Waals surface area (Å²) >= 11 is 0. The highest BCUT2D eigenvalue weighted by molar-refractivity contribution is 7.92. The number of nitrogens with zero attached hydrogens (tertiary/aromatic N) is 2. The summed E-state index contributed by atoms with van der Waals surface area (Å²) in [6.07, 6.45) is 3.33.